The molecule has 1 aromatic rings. The topological polar surface area (TPSA) is 81.7 Å². The molecule has 0 aromatic heterocycles. The fourth-order valence-electron chi connectivity index (χ4n) is 2.53. The molecule has 19 heavy (non-hydrogen) atoms. The standard InChI is InChI=1S/C14H14N2O2S/c1-3-19(17,18)13-12(14(13,8-15)9-16)11-6-4-10(2)5-7-11/h4-7,12-13H,3H2,1-2H3/t12-,13+/m1/s1. The molecule has 2 rings (SSSR count). The van der Waals surface area contributed by atoms with E-state index >= 15 is 0 Å². The first-order valence-electron chi connectivity index (χ1n) is 6.03. The van der Waals surface area contributed by atoms with Gasteiger partial charge < -0.3 is 0 Å². The molecule has 0 aliphatic heterocycles. The minimum Gasteiger partial charge on any atom is -0.228 e. The van der Waals surface area contributed by atoms with Crippen molar-refractivity contribution in [2.75, 3.05) is 5.75 Å². The van der Waals surface area contributed by atoms with Gasteiger partial charge in [0, 0.05) is 11.7 Å². The predicted octanol–water partition coefficient (Wildman–Crippen LogP) is 1.93. The normalized spacial score (nSPS) is 24.2. The van der Waals surface area contributed by atoms with Crippen molar-refractivity contribution in [1.29, 1.82) is 10.5 Å². The second-order valence-corrected chi connectivity index (χ2v) is 7.26. The molecule has 1 aliphatic carbocycles. The monoisotopic (exact) mass is 274 g/mol. The lowest BCUT2D eigenvalue weighted by atomic mass is 10.0. The molecule has 0 spiro atoms. The Morgan fingerprint density at radius 1 is 1.21 bits per heavy atom. The smallest absolute Gasteiger partial charge is 0.169 e. The van der Waals surface area contributed by atoms with Crippen LogP contribution in [0.1, 0.15) is 24.0 Å². The van der Waals surface area contributed by atoms with E-state index in [1.807, 2.05) is 31.2 Å². The molecule has 5 heteroatoms. The summed E-state index contributed by atoms with van der Waals surface area (Å²) in [5.74, 6) is -0.585. The Hall–Kier alpha value is -1.85. The Morgan fingerprint density at radius 3 is 2.16 bits per heavy atom. The molecule has 1 fully saturated rings. The highest BCUT2D eigenvalue weighted by Gasteiger charge is 2.72. The summed E-state index contributed by atoms with van der Waals surface area (Å²) >= 11 is 0. The summed E-state index contributed by atoms with van der Waals surface area (Å²) in [5, 5.41) is 17.6. The molecule has 4 nitrogen and oxygen atoms in total. The second-order valence-electron chi connectivity index (χ2n) is 4.85. The first-order chi connectivity index (χ1) is 8.93. The minimum atomic E-state index is -3.41. The summed E-state index contributed by atoms with van der Waals surface area (Å²) in [6.07, 6.45) is 0. The summed E-state index contributed by atoms with van der Waals surface area (Å²) in [4.78, 5) is 0. The molecular formula is C14H14N2O2S. The third-order valence-electron chi connectivity index (χ3n) is 3.73. The van der Waals surface area contributed by atoms with E-state index < -0.39 is 26.4 Å². The van der Waals surface area contributed by atoms with Crippen LogP contribution in [0.15, 0.2) is 24.3 Å². The van der Waals surface area contributed by atoms with Crippen LogP contribution < -0.4 is 0 Å². The Bertz CT molecular complexity index is 664. The first-order valence-corrected chi connectivity index (χ1v) is 7.75. The van der Waals surface area contributed by atoms with Gasteiger partial charge in [0.2, 0.25) is 0 Å². The van der Waals surface area contributed by atoms with Crippen LogP contribution in [0.2, 0.25) is 0 Å². The van der Waals surface area contributed by atoms with Gasteiger partial charge in [0.05, 0.1) is 12.1 Å². The maximum absolute atomic E-state index is 12.0. The Morgan fingerprint density at radius 2 is 1.74 bits per heavy atom. The van der Waals surface area contributed by atoms with Crippen molar-refractivity contribution in [3.8, 4) is 12.1 Å². The number of nitrogens with zero attached hydrogens (tertiary/aromatic N) is 2. The van der Waals surface area contributed by atoms with Crippen LogP contribution in [0.4, 0.5) is 0 Å². The van der Waals surface area contributed by atoms with Crippen LogP contribution >= 0.6 is 0 Å². The predicted molar refractivity (Wildman–Crippen MR) is 70.8 cm³/mol. The molecule has 0 radical (unpaired) electrons. The van der Waals surface area contributed by atoms with Gasteiger partial charge in [-0.05, 0) is 12.5 Å². The minimum absolute atomic E-state index is 0.0505. The van der Waals surface area contributed by atoms with Crippen LogP contribution in [0.3, 0.4) is 0 Å². The van der Waals surface area contributed by atoms with Crippen LogP contribution in [0.5, 0.6) is 0 Å². The van der Waals surface area contributed by atoms with Crippen molar-refractivity contribution in [3.63, 3.8) is 0 Å². The molecule has 2 atom stereocenters. The Balaban J connectivity index is 2.50. The third-order valence-corrected chi connectivity index (χ3v) is 5.95. The Kier molecular flexibility index (Phi) is 3.12. The van der Waals surface area contributed by atoms with Gasteiger partial charge in [-0.15, -0.1) is 0 Å². The van der Waals surface area contributed by atoms with Crippen LogP contribution in [-0.4, -0.2) is 19.4 Å². The third kappa shape index (κ3) is 1.91. The number of aryl methyl sites for hydroxylation is 1. The summed E-state index contributed by atoms with van der Waals surface area (Å²) in [5.41, 5.74) is 0.374. The van der Waals surface area contributed by atoms with Gasteiger partial charge in [0.15, 0.2) is 15.3 Å². The number of hydrogen-bond acceptors (Lipinski definition) is 4. The molecule has 1 aliphatic rings. The molecule has 1 saturated carbocycles. The Labute approximate surface area is 113 Å². The van der Waals surface area contributed by atoms with Crippen molar-refractivity contribution in [2.45, 2.75) is 25.0 Å². The lowest BCUT2D eigenvalue weighted by molar-refractivity contribution is 0.592. The van der Waals surface area contributed by atoms with Crippen molar-refractivity contribution in [2.24, 2.45) is 5.41 Å². The van der Waals surface area contributed by atoms with E-state index in [0.717, 1.165) is 11.1 Å². The van der Waals surface area contributed by atoms with Crippen LogP contribution in [0.25, 0.3) is 0 Å². The van der Waals surface area contributed by atoms with Gasteiger partial charge >= 0.3 is 0 Å². The van der Waals surface area contributed by atoms with Gasteiger partial charge in [0.25, 0.3) is 0 Å². The van der Waals surface area contributed by atoms with Crippen molar-refractivity contribution in [3.05, 3.63) is 35.4 Å². The molecule has 0 N–H and O–H groups in total. The van der Waals surface area contributed by atoms with Gasteiger partial charge in [-0.25, -0.2) is 8.42 Å². The van der Waals surface area contributed by atoms with Crippen LogP contribution in [0, 0.1) is 35.0 Å². The average Bonchev–Trinajstić information content (AvgIpc) is 3.10. The molecule has 0 unspecified atom stereocenters. The van der Waals surface area contributed by atoms with E-state index in [2.05, 4.69) is 0 Å². The molecule has 0 heterocycles. The fraction of sp³-hybridized carbons (Fsp3) is 0.429. The molecule has 0 amide bonds. The van der Waals surface area contributed by atoms with E-state index in [1.165, 1.54) is 0 Å². The molecule has 98 valence electrons. The zero-order valence-corrected chi connectivity index (χ0v) is 11.6. The van der Waals surface area contributed by atoms with E-state index in [9.17, 15) is 18.9 Å². The van der Waals surface area contributed by atoms with Gasteiger partial charge in [-0.1, -0.05) is 36.8 Å². The van der Waals surface area contributed by atoms with E-state index in [-0.39, 0.29) is 5.75 Å². The summed E-state index contributed by atoms with van der Waals surface area (Å²) in [7, 11) is -3.41. The number of nitriles is 2. The van der Waals surface area contributed by atoms with Crippen molar-refractivity contribution < 1.29 is 8.42 Å². The van der Waals surface area contributed by atoms with E-state index in [0.29, 0.717) is 0 Å². The number of sulfone groups is 1. The fourth-order valence-corrected chi connectivity index (χ4v) is 4.41. The SMILES string of the molecule is CCS(=O)(=O)[C@H]1[C@@H](c2ccc(C)cc2)C1(C#N)C#N. The van der Waals surface area contributed by atoms with Gasteiger partial charge in [0.1, 0.15) is 5.25 Å². The van der Waals surface area contributed by atoms with Crippen LogP contribution in [-0.2, 0) is 9.84 Å². The molecule has 0 saturated heterocycles. The number of hydrogen-bond donors (Lipinski definition) is 0. The maximum Gasteiger partial charge on any atom is 0.169 e. The number of rotatable bonds is 3. The molecule has 1 aromatic carbocycles. The quantitative estimate of drug-likeness (QED) is 0.843. The highest BCUT2D eigenvalue weighted by atomic mass is 32.2. The van der Waals surface area contributed by atoms with Gasteiger partial charge in [-0.3, -0.25) is 0 Å². The summed E-state index contributed by atoms with van der Waals surface area (Å²) < 4.78 is 24.1. The zero-order valence-electron chi connectivity index (χ0n) is 10.8. The lowest BCUT2D eigenvalue weighted by Crippen LogP contribution is -2.15. The average molecular weight is 274 g/mol. The second kappa shape index (κ2) is 4.36. The summed E-state index contributed by atoms with van der Waals surface area (Å²) in [6.45, 7) is 3.47. The van der Waals surface area contributed by atoms with Crippen molar-refractivity contribution >= 4 is 9.84 Å². The largest absolute Gasteiger partial charge is 0.228 e. The summed E-state index contributed by atoms with van der Waals surface area (Å²) in [6, 6.07) is 11.2. The first kappa shape index (κ1) is 13.6. The van der Waals surface area contributed by atoms with E-state index in [4.69, 9.17) is 0 Å². The number of benzene rings is 1. The maximum atomic E-state index is 12.0. The highest BCUT2D eigenvalue weighted by Crippen LogP contribution is 2.62. The van der Waals surface area contributed by atoms with Crippen molar-refractivity contribution in [1.82, 2.24) is 0 Å². The molecule has 0 bridgehead atoms. The lowest BCUT2D eigenvalue weighted by Gasteiger charge is -2.00. The highest BCUT2D eigenvalue weighted by molar-refractivity contribution is 7.92. The zero-order chi connectivity index (χ0) is 14.3. The van der Waals surface area contributed by atoms with Gasteiger partial charge in [-0.2, -0.15) is 10.5 Å². The molecular weight excluding hydrogens is 260 g/mol. The van der Waals surface area contributed by atoms with E-state index in [1.54, 1.807) is 19.1 Å².